The van der Waals surface area contributed by atoms with Crippen molar-refractivity contribution in [1.29, 1.82) is 0 Å². The van der Waals surface area contributed by atoms with Crippen molar-refractivity contribution < 1.29 is 19.8 Å². The number of benzene rings is 2. The molecule has 4 nitrogen and oxygen atoms in total. The molecule has 2 aromatic carbocycles. The third kappa shape index (κ3) is 3.35. The molecular weight excluding hydrogens is 264 g/mol. The van der Waals surface area contributed by atoms with E-state index in [4.69, 9.17) is 0 Å². The van der Waals surface area contributed by atoms with E-state index in [9.17, 15) is 19.8 Å². The normalized spacial score (nSPS) is 10.1. The van der Waals surface area contributed by atoms with Gasteiger partial charge in [-0.3, -0.25) is 0 Å². The first-order valence-electron chi connectivity index (χ1n) is 5.37. The molecule has 0 unspecified atom stereocenters. The van der Waals surface area contributed by atoms with Crippen molar-refractivity contribution in [3.05, 3.63) is 59.7 Å². The van der Waals surface area contributed by atoms with Gasteiger partial charge in [-0.05, 0) is 35.4 Å². The molecule has 5 heteroatoms. The highest BCUT2D eigenvalue weighted by molar-refractivity contribution is 7.99. The summed E-state index contributed by atoms with van der Waals surface area (Å²) in [5.41, 5.74) is 0.212. The van der Waals surface area contributed by atoms with E-state index in [1.165, 1.54) is 36.0 Å². The van der Waals surface area contributed by atoms with Gasteiger partial charge in [0.25, 0.3) is 0 Å². The number of carboxylic acid groups (broad SMARTS) is 2. The predicted octanol–water partition coefficient (Wildman–Crippen LogP) is 0.565. The Morgan fingerprint density at radius 2 is 1.42 bits per heavy atom. The fourth-order valence-corrected chi connectivity index (χ4v) is 2.36. The van der Waals surface area contributed by atoms with Gasteiger partial charge in [-0.25, -0.2) is 0 Å². The SMILES string of the molecule is O=C([O-])c1ccc(Sc2cccc(C(=O)[O-])c2)cc1. The molecule has 0 amide bonds. The molecule has 96 valence electrons. The van der Waals surface area contributed by atoms with Crippen LogP contribution in [0.25, 0.3) is 0 Å². The van der Waals surface area contributed by atoms with Gasteiger partial charge in [0.1, 0.15) is 0 Å². The molecule has 0 saturated heterocycles. The third-order valence-corrected chi connectivity index (χ3v) is 3.39. The zero-order chi connectivity index (χ0) is 13.8. The lowest BCUT2D eigenvalue weighted by atomic mass is 10.2. The third-order valence-electron chi connectivity index (χ3n) is 2.40. The molecule has 0 radical (unpaired) electrons. The van der Waals surface area contributed by atoms with Crippen LogP contribution < -0.4 is 10.2 Å². The molecule has 0 aliphatic rings. The molecule has 2 rings (SSSR count). The Morgan fingerprint density at radius 1 is 0.789 bits per heavy atom. The average Bonchev–Trinajstić information content (AvgIpc) is 2.39. The van der Waals surface area contributed by atoms with Crippen molar-refractivity contribution in [2.24, 2.45) is 0 Å². The number of carbonyl (C=O) groups is 2. The van der Waals surface area contributed by atoms with Crippen LogP contribution in [0.4, 0.5) is 0 Å². The summed E-state index contributed by atoms with van der Waals surface area (Å²) in [4.78, 5) is 22.9. The minimum atomic E-state index is -1.23. The second-order valence-corrected chi connectivity index (χ2v) is 4.88. The van der Waals surface area contributed by atoms with E-state index >= 15 is 0 Å². The van der Waals surface area contributed by atoms with Crippen molar-refractivity contribution in [3.63, 3.8) is 0 Å². The molecule has 0 N–H and O–H groups in total. The zero-order valence-corrected chi connectivity index (χ0v) is 10.5. The fourth-order valence-electron chi connectivity index (χ4n) is 1.48. The molecular formula is C14H8O4S-2. The Morgan fingerprint density at radius 3 is 2.00 bits per heavy atom. The molecule has 0 spiro atoms. The van der Waals surface area contributed by atoms with Crippen LogP contribution in [0.1, 0.15) is 20.7 Å². The molecule has 0 aromatic heterocycles. The minimum absolute atomic E-state index is 0.104. The maximum Gasteiger partial charge on any atom is 0.0715 e. The predicted molar refractivity (Wildman–Crippen MR) is 65.7 cm³/mol. The van der Waals surface area contributed by atoms with Gasteiger partial charge in [0, 0.05) is 9.79 Å². The number of rotatable bonds is 4. The Labute approximate surface area is 113 Å². The van der Waals surface area contributed by atoms with Crippen LogP contribution in [0.5, 0.6) is 0 Å². The maximum absolute atomic E-state index is 10.7. The van der Waals surface area contributed by atoms with Gasteiger partial charge < -0.3 is 19.8 Å². The van der Waals surface area contributed by atoms with Crippen LogP contribution in [0.2, 0.25) is 0 Å². The van der Waals surface area contributed by atoms with Crippen LogP contribution in [0.15, 0.2) is 58.3 Å². The van der Waals surface area contributed by atoms with E-state index in [1.54, 1.807) is 24.3 Å². The van der Waals surface area contributed by atoms with Crippen molar-refractivity contribution >= 4 is 23.7 Å². The van der Waals surface area contributed by atoms with Gasteiger partial charge in [0.2, 0.25) is 0 Å². The summed E-state index contributed by atoms with van der Waals surface area (Å²) in [6.45, 7) is 0. The first-order valence-corrected chi connectivity index (χ1v) is 6.18. The second kappa shape index (κ2) is 5.58. The Kier molecular flexibility index (Phi) is 3.87. The summed E-state index contributed by atoms with van der Waals surface area (Å²) in [6.07, 6.45) is 0. The fraction of sp³-hybridized carbons (Fsp3) is 0. The smallest absolute Gasteiger partial charge is 0.0715 e. The van der Waals surface area contributed by atoms with E-state index in [0.29, 0.717) is 0 Å². The summed E-state index contributed by atoms with van der Waals surface area (Å²) in [6, 6.07) is 12.5. The summed E-state index contributed by atoms with van der Waals surface area (Å²) < 4.78 is 0. The van der Waals surface area contributed by atoms with Crippen LogP contribution >= 0.6 is 11.8 Å². The average molecular weight is 272 g/mol. The van der Waals surface area contributed by atoms with E-state index < -0.39 is 11.9 Å². The molecule has 0 aliphatic carbocycles. The van der Waals surface area contributed by atoms with Crippen molar-refractivity contribution in [2.45, 2.75) is 9.79 Å². The molecule has 0 atom stereocenters. The Bertz CT molecular complexity index is 620. The topological polar surface area (TPSA) is 80.3 Å². The van der Waals surface area contributed by atoms with Crippen LogP contribution in [0.3, 0.4) is 0 Å². The Balaban J connectivity index is 2.19. The number of carbonyl (C=O) groups excluding carboxylic acids is 2. The monoisotopic (exact) mass is 272 g/mol. The van der Waals surface area contributed by atoms with Gasteiger partial charge >= 0.3 is 0 Å². The lowest BCUT2D eigenvalue weighted by molar-refractivity contribution is -0.256. The van der Waals surface area contributed by atoms with Crippen LogP contribution in [0, 0.1) is 0 Å². The molecule has 0 heterocycles. The molecule has 0 bridgehead atoms. The first-order chi connectivity index (χ1) is 9.06. The lowest BCUT2D eigenvalue weighted by Crippen LogP contribution is -2.22. The highest BCUT2D eigenvalue weighted by atomic mass is 32.2. The largest absolute Gasteiger partial charge is 0.545 e. The van der Waals surface area contributed by atoms with Gasteiger partial charge in [0.15, 0.2) is 0 Å². The second-order valence-electron chi connectivity index (χ2n) is 3.73. The van der Waals surface area contributed by atoms with E-state index in [-0.39, 0.29) is 11.1 Å². The summed E-state index contributed by atoms with van der Waals surface area (Å²) >= 11 is 1.34. The first kappa shape index (κ1) is 13.2. The highest BCUT2D eigenvalue weighted by Crippen LogP contribution is 2.28. The van der Waals surface area contributed by atoms with E-state index in [1.807, 2.05) is 0 Å². The number of aromatic carboxylic acids is 2. The van der Waals surface area contributed by atoms with Crippen LogP contribution in [-0.2, 0) is 0 Å². The molecule has 0 saturated carbocycles. The van der Waals surface area contributed by atoms with Gasteiger partial charge in [-0.2, -0.15) is 0 Å². The standard InChI is InChI=1S/C14H10O4S/c15-13(16)9-4-6-11(7-5-9)19-12-3-1-2-10(8-12)14(17)18/h1-8H,(H,15,16)(H,17,18)/p-2. The quantitative estimate of drug-likeness (QED) is 0.812. The molecule has 2 aromatic rings. The van der Waals surface area contributed by atoms with Crippen molar-refractivity contribution in [2.75, 3.05) is 0 Å². The number of hydrogen-bond donors (Lipinski definition) is 0. The van der Waals surface area contributed by atoms with Crippen molar-refractivity contribution in [1.82, 2.24) is 0 Å². The van der Waals surface area contributed by atoms with Crippen molar-refractivity contribution in [3.8, 4) is 0 Å². The number of hydrogen-bond acceptors (Lipinski definition) is 5. The van der Waals surface area contributed by atoms with Gasteiger partial charge in [-0.15, -0.1) is 0 Å². The summed E-state index contributed by atoms with van der Waals surface area (Å²) in [5.74, 6) is -2.45. The van der Waals surface area contributed by atoms with Crippen LogP contribution in [-0.4, -0.2) is 11.9 Å². The molecule has 0 aliphatic heterocycles. The summed E-state index contributed by atoms with van der Waals surface area (Å²) in [5, 5.41) is 21.3. The maximum atomic E-state index is 10.7. The Hall–Kier alpha value is -2.27. The highest BCUT2D eigenvalue weighted by Gasteiger charge is 2.00. The van der Waals surface area contributed by atoms with Gasteiger partial charge in [-0.1, -0.05) is 36.0 Å². The number of carboxylic acids is 2. The minimum Gasteiger partial charge on any atom is -0.545 e. The molecule has 19 heavy (non-hydrogen) atoms. The van der Waals surface area contributed by atoms with E-state index in [2.05, 4.69) is 0 Å². The molecule has 0 fully saturated rings. The lowest BCUT2D eigenvalue weighted by Gasteiger charge is -2.07. The zero-order valence-electron chi connectivity index (χ0n) is 9.66. The van der Waals surface area contributed by atoms with Gasteiger partial charge in [0.05, 0.1) is 11.9 Å². The van der Waals surface area contributed by atoms with E-state index in [0.717, 1.165) is 9.79 Å². The summed E-state index contributed by atoms with van der Waals surface area (Å²) in [7, 11) is 0.